The highest BCUT2D eigenvalue weighted by molar-refractivity contribution is 5.79. The molecule has 1 rings (SSSR count). The van der Waals surface area contributed by atoms with Crippen LogP contribution in [0, 0.1) is 0 Å². The van der Waals surface area contributed by atoms with Crippen LogP contribution in [-0.4, -0.2) is 44.9 Å². The molecule has 0 bridgehead atoms. The highest BCUT2D eigenvalue weighted by Gasteiger charge is 2.20. The third kappa shape index (κ3) is 3.23. The van der Waals surface area contributed by atoms with Gasteiger partial charge in [0.2, 0.25) is 5.91 Å². The molecule has 0 saturated carbocycles. The molecule has 0 aliphatic heterocycles. The van der Waals surface area contributed by atoms with E-state index in [0.717, 1.165) is 0 Å². The Morgan fingerprint density at radius 1 is 1.62 bits per heavy atom. The Morgan fingerprint density at radius 3 is 2.81 bits per heavy atom. The molecule has 90 valence electrons. The fourth-order valence-electron chi connectivity index (χ4n) is 0.979. The van der Waals surface area contributed by atoms with Crippen molar-refractivity contribution < 1.29 is 18.7 Å². The summed E-state index contributed by atoms with van der Waals surface area (Å²) in [6.45, 7) is 1.05. The third-order valence-corrected chi connectivity index (χ3v) is 1.99. The maximum Gasteiger partial charge on any atom is 0.265 e. The van der Waals surface area contributed by atoms with Crippen molar-refractivity contribution in [3.63, 3.8) is 0 Å². The van der Waals surface area contributed by atoms with Crippen LogP contribution >= 0.6 is 0 Å². The molecule has 1 amide bonds. The summed E-state index contributed by atoms with van der Waals surface area (Å²) < 4.78 is 25.1. The Labute approximate surface area is 90.3 Å². The van der Waals surface area contributed by atoms with Crippen molar-refractivity contribution in [3.8, 4) is 0 Å². The lowest BCUT2D eigenvalue weighted by molar-refractivity contribution is -0.125. The van der Waals surface area contributed by atoms with E-state index in [1.807, 2.05) is 0 Å². The summed E-state index contributed by atoms with van der Waals surface area (Å²) in [5.74, 6) is -0.509. The maximum absolute atomic E-state index is 11.9. The largest absolute Gasteiger partial charge is 0.385 e. The topological polar surface area (TPSA) is 80.0 Å². The van der Waals surface area contributed by atoms with Gasteiger partial charge in [-0.25, -0.2) is 18.4 Å². The van der Waals surface area contributed by atoms with Gasteiger partial charge in [-0.3, -0.25) is 4.79 Å². The molecule has 2 N–H and O–H groups in total. The van der Waals surface area contributed by atoms with Crippen LogP contribution in [0.4, 0.5) is 8.78 Å². The van der Waals surface area contributed by atoms with Crippen molar-refractivity contribution >= 4 is 5.91 Å². The average molecular weight is 234 g/mol. The predicted molar refractivity (Wildman–Crippen MR) is 49.8 cm³/mol. The number of rotatable bonds is 5. The number of carbonyl (C=O) groups excluding carboxylic acids is 1. The molecule has 0 fully saturated rings. The van der Waals surface area contributed by atoms with Gasteiger partial charge in [-0.05, 0) is 6.92 Å². The first-order chi connectivity index (χ1) is 7.52. The number of carbonyl (C=O) groups is 1. The van der Waals surface area contributed by atoms with E-state index in [1.54, 1.807) is 6.92 Å². The van der Waals surface area contributed by atoms with Crippen LogP contribution in [-0.2, 0) is 4.79 Å². The molecular weight excluding hydrogens is 222 g/mol. The Hall–Kier alpha value is -1.57. The Morgan fingerprint density at radius 2 is 2.31 bits per heavy atom. The van der Waals surface area contributed by atoms with Crippen LogP contribution in [0.3, 0.4) is 0 Å². The van der Waals surface area contributed by atoms with Crippen LogP contribution in [0.25, 0.3) is 0 Å². The normalized spacial score (nSPS) is 14.8. The summed E-state index contributed by atoms with van der Waals surface area (Å²) in [4.78, 5) is 15.1. The number of hydrogen-bond acceptors (Lipinski definition) is 4. The summed E-state index contributed by atoms with van der Waals surface area (Å²) >= 11 is 0. The molecular formula is C8H12F2N4O2. The number of aliphatic hydroxyl groups is 1. The van der Waals surface area contributed by atoms with Crippen LogP contribution in [0.15, 0.2) is 12.7 Å². The molecule has 0 aromatic carbocycles. The second-order valence-electron chi connectivity index (χ2n) is 3.20. The van der Waals surface area contributed by atoms with Gasteiger partial charge in [0.1, 0.15) is 24.8 Å². The molecule has 0 spiro atoms. The predicted octanol–water partition coefficient (Wildman–Crippen LogP) is -0.419. The molecule has 0 aliphatic rings. The van der Waals surface area contributed by atoms with E-state index in [9.17, 15) is 13.6 Å². The van der Waals surface area contributed by atoms with Crippen LogP contribution in [0.5, 0.6) is 0 Å². The van der Waals surface area contributed by atoms with Gasteiger partial charge in [0.25, 0.3) is 6.43 Å². The first kappa shape index (κ1) is 12.5. The van der Waals surface area contributed by atoms with E-state index in [4.69, 9.17) is 5.11 Å². The van der Waals surface area contributed by atoms with E-state index in [2.05, 4.69) is 15.4 Å². The monoisotopic (exact) mass is 234 g/mol. The van der Waals surface area contributed by atoms with Crippen molar-refractivity contribution in [2.24, 2.45) is 0 Å². The van der Waals surface area contributed by atoms with Gasteiger partial charge < -0.3 is 10.4 Å². The van der Waals surface area contributed by atoms with E-state index < -0.39 is 31.0 Å². The Balaban J connectivity index is 2.41. The maximum atomic E-state index is 11.9. The fourth-order valence-corrected chi connectivity index (χ4v) is 0.979. The molecule has 1 heterocycles. The van der Waals surface area contributed by atoms with Gasteiger partial charge in [-0.1, -0.05) is 0 Å². The molecule has 1 aromatic heterocycles. The first-order valence-corrected chi connectivity index (χ1v) is 4.60. The van der Waals surface area contributed by atoms with Crippen LogP contribution < -0.4 is 5.32 Å². The first-order valence-electron chi connectivity index (χ1n) is 4.60. The Kier molecular flexibility index (Phi) is 4.29. The smallest absolute Gasteiger partial charge is 0.265 e. The number of aliphatic hydroxyl groups excluding tert-OH is 1. The minimum Gasteiger partial charge on any atom is -0.385 e. The van der Waals surface area contributed by atoms with E-state index in [0.29, 0.717) is 0 Å². The summed E-state index contributed by atoms with van der Waals surface area (Å²) in [5, 5.41) is 14.7. The highest BCUT2D eigenvalue weighted by atomic mass is 19.3. The van der Waals surface area contributed by atoms with Crippen molar-refractivity contribution in [2.45, 2.75) is 25.5 Å². The average Bonchev–Trinajstić information content (AvgIpc) is 2.77. The van der Waals surface area contributed by atoms with E-state index >= 15 is 0 Å². The highest BCUT2D eigenvalue weighted by Crippen LogP contribution is 2.03. The van der Waals surface area contributed by atoms with E-state index in [-0.39, 0.29) is 0 Å². The van der Waals surface area contributed by atoms with Crippen LogP contribution in [0.1, 0.15) is 13.0 Å². The van der Waals surface area contributed by atoms with Gasteiger partial charge in [0, 0.05) is 6.54 Å². The number of aromatic nitrogens is 3. The number of amides is 1. The standard InChI is InChI=1S/C8H12F2N4O2/c1-5(14-4-11-3-13-14)8(16)12-2-6(15)7(9)10/h3-7,15H,2H2,1H3,(H,12,16). The fraction of sp³-hybridized carbons (Fsp3) is 0.625. The van der Waals surface area contributed by atoms with Crippen molar-refractivity contribution in [2.75, 3.05) is 6.54 Å². The number of halogens is 2. The molecule has 0 saturated heterocycles. The van der Waals surface area contributed by atoms with Gasteiger partial charge in [0.15, 0.2) is 0 Å². The number of nitrogens with one attached hydrogen (secondary N) is 1. The van der Waals surface area contributed by atoms with Crippen molar-refractivity contribution in [3.05, 3.63) is 12.7 Å². The minimum absolute atomic E-state index is 0.491. The molecule has 0 radical (unpaired) electrons. The zero-order valence-electron chi connectivity index (χ0n) is 8.55. The van der Waals surface area contributed by atoms with Gasteiger partial charge in [-0.2, -0.15) is 5.10 Å². The molecule has 0 aliphatic carbocycles. The van der Waals surface area contributed by atoms with Crippen molar-refractivity contribution in [1.29, 1.82) is 0 Å². The van der Waals surface area contributed by atoms with E-state index in [1.165, 1.54) is 17.3 Å². The number of nitrogens with zero attached hydrogens (tertiary/aromatic N) is 3. The summed E-state index contributed by atoms with van der Waals surface area (Å²) in [5.41, 5.74) is 0. The third-order valence-electron chi connectivity index (χ3n) is 1.99. The van der Waals surface area contributed by atoms with Gasteiger partial charge in [-0.15, -0.1) is 0 Å². The molecule has 1 aromatic rings. The molecule has 8 heteroatoms. The molecule has 2 unspecified atom stereocenters. The quantitative estimate of drug-likeness (QED) is 0.725. The minimum atomic E-state index is -2.87. The second kappa shape index (κ2) is 5.50. The molecule has 6 nitrogen and oxygen atoms in total. The van der Waals surface area contributed by atoms with Gasteiger partial charge in [0.05, 0.1) is 0 Å². The zero-order chi connectivity index (χ0) is 12.1. The Bertz CT molecular complexity index is 331. The SMILES string of the molecule is CC(C(=O)NCC(O)C(F)F)n1cncn1. The lowest BCUT2D eigenvalue weighted by atomic mass is 10.3. The van der Waals surface area contributed by atoms with Gasteiger partial charge >= 0.3 is 0 Å². The lowest BCUT2D eigenvalue weighted by Gasteiger charge is -2.14. The summed E-state index contributed by atoms with van der Waals surface area (Å²) in [7, 11) is 0. The molecule has 2 atom stereocenters. The van der Waals surface area contributed by atoms with Crippen molar-refractivity contribution in [1.82, 2.24) is 20.1 Å². The number of alkyl halides is 2. The summed E-state index contributed by atoms with van der Waals surface area (Å²) in [6.07, 6.45) is -2.13. The van der Waals surface area contributed by atoms with Crippen LogP contribution in [0.2, 0.25) is 0 Å². The number of hydrogen-bond donors (Lipinski definition) is 2. The zero-order valence-corrected chi connectivity index (χ0v) is 8.55. The second-order valence-corrected chi connectivity index (χ2v) is 3.20. The lowest BCUT2D eigenvalue weighted by Crippen LogP contribution is -2.39. The summed E-state index contributed by atoms with van der Waals surface area (Å²) in [6, 6.07) is -0.660. The molecule has 16 heavy (non-hydrogen) atoms.